The summed E-state index contributed by atoms with van der Waals surface area (Å²) in [6.45, 7) is 9.06. The Labute approximate surface area is 166 Å². The summed E-state index contributed by atoms with van der Waals surface area (Å²) in [5.74, 6) is 1.24. The molecular formula is C23H27ClN2O. The third kappa shape index (κ3) is 4.19. The van der Waals surface area contributed by atoms with E-state index in [4.69, 9.17) is 16.3 Å². The standard InChI is InChI=1S/C23H27ClN2O/c1-5-17(6-2)20-10-8-19(15-22(20)26-13-12-16(4)25-26)18-9-11-23(27-7-3)21(24)14-18/h8-15,17H,5-7H2,1-4H3. The van der Waals surface area contributed by atoms with Crippen molar-refractivity contribution in [2.24, 2.45) is 0 Å². The topological polar surface area (TPSA) is 27.1 Å². The first-order chi connectivity index (χ1) is 13.1. The van der Waals surface area contributed by atoms with Gasteiger partial charge in [0, 0.05) is 6.20 Å². The molecule has 2 aromatic carbocycles. The highest BCUT2D eigenvalue weighted by molar-refractivity contribution is 6.32. The van der Waals surface area contributed by atoms with Gasteiger partial charge in [0.1, 0.15) is 5.75 Å². The van der Waals surface area contributed by atoms with Gasteiger partial charge in [-0.05, 0) is 73.6 Å². The normalized spacial score (nSPS) is 11.2. The van der Waals surface area contributed by atoms with Crippen molar-refractivity contribution >= 4 is 11.6 Å². The van der Waals surface area contributed by atoms with Crippen LogP contribution in [0.15, 0.2) is 48.7 Å². The summed E-state index contributed by atoms with van der Waals surface area (Å²) in [5.41, 5.74) is 5.69. The average Bonchev–Trinajstić information content (AvgIpc) is 3.11. The van der Waals surface area contributed by atoms with Crippen molar-refractivity contribution in [1.82, 2.24) is 9.78 Å². The molecule has 0 fully saturated rings. The lowest BCUT2D eigenvalue weighted by Crippen LogP contribution is -2.05. The minimum atomic E-state index is 0.516. The molecule has 0 radical (unpaired) electrons. The van der Waals surface area contributed by atoms with Crippen LogP contribution >= 0.6 is 11.6 Å². The van der Waals surface area contributed by atoms with Crippen LogP contribution < -0.4 is 4.74 Å². The van der Waals surface area contributed by atoms with Gasteiger partial charge in [-0.2, -0.15) is 5.10 Å². The highest BCUT2D eigenvalue weighted by Gasteiger charge is 2.16. The van der Waals surface area contributed by atoms with Gasteiger partial charge in [-0.15, -0.1) is 0 Å². The largest absolute Gasteiger partial charge is 0.492 e. The molecule has 0 N–H and O–H groups in total. The summed E-state index contributed by atoms with van der Waals surface area (Å²) in [5, 5.41) is 5.29. The zero-order chi connectivity index (χ0) is 19.4. The van der Waals surface area contributed by atoms with Gasteiger partial charge in [0.25, 0.3) is 0 Å². The van der Waals surface area contributed by atoms with E-state index in [9.17, 15) is 0 Å². The van der Waals surface area contributed by atoms with Crippen LogP contribution in [0.2, 0.25) is 5.02 Å². The Morgan fingerprint density at radius 2 is 1.70 bits per heavy atom. The molecule has 0 saturated carbocycles. The van der Waals surface area contributed by atoms with E-state index in [2.05, 4.69) is 43.2 Å². The number of nitrogens with zero attached hydrogens (tertiary/aromatic N) is 2. The van der Waals surface area contributed by atoms with Gasteiger partial charge < -0.3 is 4.74 Å². The first-order valence-electron chi connectivity index (χ1n) is 9.66. The highest BCUT2D eigenvalue weighted by atomic mass is 35.5. The monoisotopic (exact) mass is 382 g/mol. The molecule has 0 unspecified atom stereocenters. The fourth-order valence-corrected chi connectivity index (χ4v) is 3.73. The number of ether oxygens (including phenoxy) is 1. The van der Waals surface area contributed by atoms with Crippen molar-refractivity contribution in [3.05, 3.63) is 64.9 Å². The molecule has 0 atom stereocenters. The molecule has 142 valence electrons. The number of hydrogen-bond acceptors (Lipinski definition) is 2. The third-order valence-corrected chi connectivity index (χ3v) is 5.29. The second-order valence-electron chi connectivity index (χ2n) is 6.77. The lowest BCUT2D eigenvalue weighted by molar-refractivity contribution is 0.340. The van der Waals surface area contributed by atoms with Crippen molar-refractivity contribution in [2.75, 3.05) is 6.61 Å². The number of halogens is 1. The van der Waals surface area contributed by atoms with Gasteiger partial charge in [-0.3, -0.25) is 0 Å². The maximum Gasteiger partial charge on any atom is 0.137 e. The van der Waals surface area contributed by atoms with Crippen LogP contribution in [-0.2, 0) is 0 Å². The Kier molecular flexibility index (Phi) is 6.22. The SMILES string of the molecule is CCOc1ccc(-c2ccc(C(CC)CC)c(-n3ccc(C)n3)c2)cc1Cl. The van der Waals surface area contributed by atoms with Gasteiger partial charge in [0.2, 0.25) is 0 Å². The summed E-state index contributed by atoms with van der Waals surface area (Å²) >= 11 is 6.40. The predicted octanol–water partition coefficient (Wildman–Crippen LogP) is 6.80. The van der Waals surface area contributed by atoms with Crippen molar-refractivity contribution < 1.29 is 4.74 Å². The zero-order valence-corrected chi connectivity index (χ0v) is 17.3. The fourth-order valence-electron chi connectivity index (χ4n) is 3.50. The van der Waals surface area contributed by atoms with Crippen LogP contribution in [0.25, 0.3) is 16.8 Å². The van der Waals surface area contributed by atoms with Crippen LogP contribution in [0.3, 0.4) is 0 Å². The smallest absolute Gasteiger partial charge is 0.137 e. The van der Waals surface area contributed by atoms with Crippen LogP contribution in [0.1, 0.15) is 50.8 Å². The lowest BCUT2D eigenvalue weighted by atomic mass is 9.90. The maximum absolute atomic E-state index is 6.40. The molecule has 0 spiro atoms. The molecule has 0 aliphatic rings. The second kappa shape index (κ2) is 8.62. The second-order valence-corrected chi connectivity index (χ2v) is 7.17. The van der Waals surface area contributed by atoms with Gasteiger partial charge in [0.05, 0.1) is 23.0 Å². The van der Waals surface area contributed by atoms with Crippen LogP contribution in [0.4, 0.5) is 0 Å². The Balaban J connectivity index is 2.09. The number of benzene rings is 2. The highest BCUT2D eigenvalue weighted by Crippen LogP contribution is 2.35. The zero-order valence-electron chi connectivity index (χ0n) is 16.5. The van der Waals surface area contributed by atoms with E-state index in [1.165, 1.54) is 5.56 Å². The summed E-state index contributed by atoms with van der Waals surface area (Å²) in [7, 11) is 0. The Morgan fingerprint density at radius 1 is 1.00 bits per heavy atom. The number of rotatable bonds is 7. The van der Waals surface area contributed by atoms with E-state index in [-0.39, 0.29) is 0 Å². The van der Waals surface area contributed by atoms with Gasteiger partial charge >= 0.3 is 0 Å². The van der Waals surface area contributed by atoms with E-state index in [0.29, 0.717) is 17.5 Å². The van der Waals surface area contributed by atoms with Crippen LogP contribution in [0.5, 0.6) is 5.75 Å². The average molecular weight is 383 g/mol. The lowest BCUT2D eigenvalue weighted by Gasteiger charge is -2.19. The summed E-state index contributed by atoms with van der Waals surface area (Å²) < 4.78 is 7.55. The summed E-state index contributed by atoms with van der Waals surface area (Å²) in [6.07, 6.45) is 4.25. The fraction of sp³-hybridized carbons (Fsp3) is 0.348. The Hall–Kier alpha value is -2.26. The number of aryl methyl sites for hydroxylation is 1. The van der Waals surface area contributed by atoms with Crippen LogP contribution in [-0.4, -0.2) is 16.4 Å². The molecular weight excluding hydrogens is 356 g/mol. The van der Waals surface area contributed by atoms with E-state index in [1.807, 2.05) is 42.9 Å². The first-order valence-corrected chi connectivity index (χ1v) is 10.0. The Bertz CT molecular complexity index is 912. The maximum atomic E-state index is 6.40. The molecule has 1 aromatic heterocycles. The van der Waals surface area contributed by atoms with Gasteiger partial charge in [0.15, 0.2) is 0 Å². The van der Waals surface area contributed by atoms with Gasteiger partial charge in [-0.1, -0.05) is 43.6 Å². The molecule has 0 amide bonds. The quantitative estimate of drug-likeness (QED) is 0.449. The number of aromatic nitrogens is 2. The molecule has 3 rings (SSSR count). The molecule has 4 heteroatoms. The van der Waals surface area contributed by atoms with Crippen molar-refractivity contribution in [1.29, 1.82) is 0 Å². The minimum Gasteiger partial charge on any atom is -0.492 e. The molecule has 0 bridgehead atoms. The molecule has 1 heterocycles. The Morgan fingerprint density at radius 3 is 2.30 bits per heavy atom. The molecule has 0 aliphatic carbocycles. The molecule has 0 aliphatic heterocycles. The van der Waals surface area contributed by atoms with E-state index in [1.54, 1.807) is 0 Å². The van der Waals surface area contributed by atoms with Gasteiger partial charge in [-0.25, -0.2) is 4.68 Å². The summed E-state index contributed by atoms with van der Waals surface area (Å²) in [6, 6.07) is 14.6. The van der Waals surface area contributed by atoms with E-state index in [0.717, 1.165) is 41.1 Å². The predicted molar refractivity (Wildman–Crippen MR) is 113 cm³/mol. The molecule has 0 saturated heterocycles. The molecule has 3 nitrogen and oxygen atoms in total. The molecule has 27 heavy (non-hydrogen) atoms. The van der Waals surface area contributed by atoms with E-state index >= 15 is 0 Å². The van der Waals surface area contributed by atoms with Crippen molar-refractivity contribution in [3.63, 3.8) is 0 Å². The first kappa shape index (κ1) is 19.5. The summed E-state index contributed by atoms with van der Waals surface area (Å²) in [4.78, 5) is 0. The minimum absolute atomic E-state index is 0.516. The third-order valence-electron chi connectivity index (χ3n) is 4.99. The van der Waals surface area contributed by atoms with E-state index < -0.39 is 0 Å². The van der Waals surface area contributed by atoms with Crippen molar-refractivity contribution in [2.45, 2.75) is 46.5 Å². The van der Waals surface area contributed by atoms with Crippen molar-refractivity contribution in [3.8, 4) is 22.6 Å². The number of hydrogen-bond donors (Lipinski definition) is 0. The molecule has 3 aromatic rings. The van der Waals surface area contributed by atoms with Crippen LogP contribution in [0, 0.1) is 6.92 Å².